The molecule has 1 rings (SSSR count). The Morgan fingerprint density at radius 2 is 2.14 bits per heavy atom. The molecule has 0 saturated heterocycles. The molecular weight excluding hydrogens is 405 g/mol. The molecule has 0 bridgehead atoms. The number of hydrogen-bond acceptors (Lipinski definition) is 7. The van der Waals surface area contributed by atoms with Crippen LogP contribution in [-0.2, 0) is 14.3 Å². The van der Waals surface area contributed by atoms with Crippen LogP contribution in [0.15, 0.2) is 10.7 Å². The van der Waals surface area contributed by atoms with Crippen LogP contribution in [0, 0.1) is 3.70 Å². The van der Waals surface area contributed by atoms with Gasteiger partial charge in [0.25, 0.3) is 0 Å². The van der Waals surface area contributed by atoms with Gasteiger partial charge in [-0.2, -0.15) is 0 Å². The summed E-state index contributed by atoms with van der Waals surface area (Å²) in [6.45, 7) is 6.94. The minimum Gasteiger partial charge on any atom is -0.464 e. The standard InChI is InChI=1S/C13H20IN3O5/c1-5-20-11(18)9(17-12(19)22-13(2,3)4)8(15)10-16-7(14)6-21-10/h6,8-9H,5,15H2,1-4H3,(H,17,19)/t8-,9-/m0/s1. The van der Waals surface area contributed by atoms with Crippen molar-refractivity contribution in [3.8, 4) is 0 Å². The molecule has 0 aliphatic heterocycles. The molecule has 8 nitrogen and oxygen atoms in total. The van der Waals surface area contributed by atoms with Gasteiger partial charge in [-0.05, 0) is 50.3 Å². The Hall–Kier alpha value is -1.36. The van der Waals surface area contributed by atoms with Gasteiger partial charge in [-0.25, -0.2) is 14.6 Å². The Morgan fingerprint density at radius 3 is 2.59 bits per heavy atom. The van der Waals surface area contributed by atoms with Gasteiger partial charge in [0.2, 0.25) is 5.89 Å². The second-order valence-corrected chi connectivity index (χ2v) is 6.52. The topological polar surface area (TPSA) is 117 Å². The molecule has 0 saturated carbocycles. The van der Waals surface area contributed by atoms with E-state index in [1.54, 1.807) is 27.7 Å². The summed E-state index contributed by atoms with van der Waals surface area (Å²) < 4.78 is 15.8. The summed E-state index contributed by atoms with van der Waals surface area (Å²) in [5, 5.41) is 2.40. The summed E-state index contributed by atoms with van der Waals surface area (Å²) in [5.41, 5.74) is 5.26. The Morgan fingerprint density at radius 1 is 1.50 bits per heavy atom. The number of halogens is 1. The molecule has 22 heavy (non-hydrogen) atoms. The lowest BCUT2D eigenvalue weighted by Gasteiger charge is -2.24. The number of nitrogens with zero attached hydrogens (tertiary/aromatic N) is 1. The van der Waals surface area contributed by atoms with E-state index in [1.807, 2.05) is 22.6 Å². The van der Waals surface area contributed by atoms with Gasteiger partial charge < -0.3 is 24.9 Å². The third-order valence-corrected chi connectivity index (χ3v) is 2.85. The number of nitrogens with one attached hydrogen (secondary N) is 1. The molecule has 2 atom stereocenters. The van der Waals surface area contributed by atoms with Crippen LogP contribution in [0.3, 0.4) is 0 Å². The van der Waals surface area contributed by atoms with Crippen molar-refractivity contribution in [3.63, 3.8) is 0 Å². The van der Waals surface area contributed by atoms with Crippen molar-refractivity contribution in [1.29, 1.82) is 0 Å². The first-order chi connectivity index (χ1) is 10.1. The predicted molar refractivity (Wildman–Crippen MR) is 85.9 cm³/mol. The van der Waals surface area contributed by atoms with Crippen molar-refractivity contribution in [3.05, 3.63) is 15.9 Å². The zero-order valence-corrected chi connectivity index (χ0v) is 15.0. The van der Waals surface area contributed by atoms with Crippen molar-refractivity contribution in [2.75, 3.05) is 6.61 Å². The first-order valence-corrected chi connectivity index (χ1v) is 7.74. The molecule has 0 aliphatic rings. The van der Waals surface area contributed by atoms with Crippen LogP contribution in [0.25, 0.3) is 0 Å². The van der Waals surface area contributed by atoms with Crippen molar-refractivity contribution in [1.82, 2.24) is 10.3 Å². The van der Waals surface area contributed by atoms with Crippen LogP contribution >= 0.6 is 22.6 Å². The molecule has 0 spiro atoms. The first kappa shape index (κ1) is 18.7. The fourth-order valence-electron chi connectivity index (χ4n) is 1.52. The minimum atomic E-state index is -1.16. The molecule has 3 N–H and O–H groups in total. The maximum atomic E-state index is 12.0. The summed E-state index contributed by atoms with van der Waals surface area (Å²) in [5.74, 6) is -0.562. The molecule has 1 aromatic heterocycles. The molecule has 1 aromatic rings. The van der Waals surface area contributed by atoms with Gasteiger partial charge in [0.15, 0.2) is 6.04 Å². The van der Waals surface area contributed by atoms with E-state index in [-0.39, 0.29) is 12.5 Å². The molecule has 0 aromatic carbocycles. The van der Waals surface area contributed by atoms with E-state index in [4.69, 9.17) is 19.6 Å². The Bertz CT molecular complexity index is 526. The number of carbonyl (C=O) groups excluding carboxylic acids is 2. The second kappa shape index (κ2) is 7.77. The number of esters is 1. The lowest BCUT2D eigenvalue weighted by atomic mass is 10.1. The fourth-order valence-corrected chi connectivity index (χ4v) is 1.89. The largest absolute Gasteiger partial charge is 0.464 e. The van der Waals surface area contributed by atoms with Crippen LogP contribution in [0.4, 0.5) is 4.79 Å². The summed E-state index contributed by atoms with van der Waals surface area (Å²) in [6, 6.07) is -2.15. The van der Waals surface area contributed by atoms with E-state index >= 15 is 0 Å². The molecule has 0 radical (unpaired) electrons. The molecular formula is C13H20IN3O5. The van der Waals surface area contributed by atoms with Gasteiger partial charge in [-0.3, -0.25) is 0 Å². The lowest BCUT2D eigenvalue weighted by molar-refractivity contribution is -0.146. The zero-order valence-electron chi connectivity index (χ0n) is 12.9. The number of hydrogen-bond donors (Lipinski definition) is 2. The monoisotopic (exact) mass is 425 g/mol. The van der Waals surface area contributed by atoms with Gasteiger partial charge in [-0.15, -0.1) is 0 Å². The number of carbonyl (C=O) groups is 2. The smallest absolute Gasteiger partial charge is 0.408 e. The highest BCUT2D eigenvalue weighted by atomic mass is 127. The minimum absolute atomic E-state index is 0.124. The first-order valence-electron chi connectivity index (χ1n) is 6.66. The lowest BCUT2D eigenvalue weighted by Crippen LogP contribution is -2.50. The summed E-state index contributed by atoms with van der Waals surface area (Å²) in [7, 11) is 0. The third-order valence-electron chi connectivity index (χ3n) is 2.35. The highest BCUT2D eigenvalue weighted by Gasteiger charge is 2.34. The van der Waals surface area contributed by atoms with Gasteiger partial charge in [0, 0.05) is 0 Å². The SMILES string of the molecule is CCOC(=O)[C@@H](NC(=O)OC(C)(C)C)[C@H](N)c1nc(I)co1. The number of ether oxygens (including phenoxy) is 2. The highest BCUT2D eigenvalue weighted by Crippen LogP contribution is 2.17. The van der Waals surface area contributed by atoms with Crippen molar-refractivity contribution >= 4 is 34.7 Å². The molecule has 124 valence electrons. The highest BCUT2D eigenvalue weighted by molar-refractivity contribution is 14.1. The predicted octanol–water partition coefficient (Wildman–Crippen LogP) is 1.74. The fraction of sp³-hybridized carbons (Fsp3) is 0.615. The molecule has 0 unspecified atom stereocenters. The number of oxazole rings is 1. The summed E-state index contributed by atoms with van der Waals surface area (Å²) in [4.78, 5) is 27.9. The maximum Gasteiger partial charge on any atom is 0.408 e. The summed E-state index contributed by atoms with van der Waals surface area (Å²) in [6.07, 6.45) is 0.619. The van der Waals surface area contributed by atoms with E-state index in [9.17, 15) is 9.59 Å². The number of aromatic nitrogens is 1. The van der Waals surface area contributed by atoms with E-state index in [0.29, 0.717) is 3.70 Å². The number of alkyl carbamates (subject to hydrolysis) is 1. The van der Waals surface area contributed by atoms with Gasteiger partial charge in [0.1, 0.15) is 21.6 Å². The van der Waals surface area contributed by atoms with Crippen molar-refractivity contribution in [2.45, 2.75) is 45.4 Å². The molecule has 9 heteroatoms. The quantitative estimate of drug-likeness (QED) is 0.545. The van der Waals surface area contributed by atoms with E-state index in [0.717, 1.165) is 0 Å². The average Bonchev–Trinajstić information content (AvgIpc) is 2.80. The average molecular weight is 425 g/mol. The number of amides is 1. The van der Waals surface area contributed by atoms with Crippen LogP contribution < -0.4 is 11.1 Å². The molecule has 1 heterocycles. The number of rotatable bonds is 5. The van der Waals surface area contributed by atoms with Crippen LogP contribution in [0.2, 0.25) is 0 Å². The normalized spacial score (nSPS) is 14.1. The Kier molecular flexibility index (Phi) is 6.60. The van der Waals surface area contributed by atoms with Gasteiger partial charge >= 0.3 is 12.1 Å². The van der Waals surface area contributed by atoms with Gasteiger partial charge in [-0.1, -0.05) is 0 Å². The molecule has 1 amide bonds. The van der Waals surface area contributed by atoms with E-state index in [1.165, 1.54) is 6.26 Å². The van der Waals surface area contributed by atoms with Crippen molar-refractivity contribution in [2.24, 2.45) is 5.73 Å². The van der Waals surface area contributed by atoms with Gasteiger partial charge in [0.05, 0.1) is 6.61 Å². The Balaban J connectivity index is 2.88. The zero-order chi connectivity index (χ0) is 16.9. The third kappa shape index (κ3) is 5.79. The van der Waals surface area contributed by atoms with Crippen LogP contribution in [0.1, 0.15) is 39.6 Å². The Labute approximate surface area is 142 Å². The van der Waals surface area contributed by atoms with E-state index < -0.39 is 29.7 Å². The number of nitrogens with two attached hydrogens (primary N) is 1. The maximum absolute atomic E-state index is 12.0. The van der Waals surface area contributed by atoms with E-state index in [2.05, 4.69) is 10.3 Å². The summed E-state index contributed by atoms with van der Waals surface area (Å²) >= 11 is 1.95. The second-order valence-electron chi connectivity index (χ2n) is 5.41. The van der Waals surface area contributed by atoms with Crippen molar-refractivity contribution < 1.29 is 23.5 Å². The molecule has 0 fully saturated rings. The molecule has 0 aliphatic carbocycles. The van der Waals surface area contributed by atoms with Crippen LogP contribution in [-0.4, -0.2) is 35.3 Å². The van der Waals surface area contributed by atoms with Crippen LogP contribution in [0.5, 0.6) is 0 Å².